The molecule has 10 heteroatoms. The summed E-state index contributed by atoms with van der Waals surface area (Å²) in [4.78, 5) is 43.9. The van der Waals surface area contributed by atoms with E-state index in [0.717, 1.165) is 5.56 Å². The molecule has 204 valence electrons. The largest absolute Gasteiger partial charge is 0.497 e. The van der Waals surface area contributed by atoms with E-state index in [2.05, 4.69) is 4.99 Å². The van der Waals surface area contributed by atoms with E-state index < -0.39 is 18.0 Å². The maximum atomic E-state index is 13.8. The molecule has 0 spiro atoms. The summed E-state index contributed by atoms with van der Waals surface area (Å²) in [5.74, 6) is 0.246. The molecular weight excluding hydrogens is 520 g/mol. The van der Waals surface area contributed by atoms with Gasteiger partial charge in [-0.25, -0.2) is 9.79 Å². The summed E-state index contributed by atoms with van der Waals surface area (Å²) in [5, 5.41) is 0. The molecule has 0 aliphatic carbocycles. The number of hydrogen-bond donors (Lipinski definition) is 0. The number of carbonyl (C=O) groups is 2. The lowest BCUT2D eigenvalue weighted by molar-refractivity contribution is -0.140. The van der Waals surface area contributed by atoms with Crippen LogP contribution in [0.3, 0.4) is 0 Å². The van der Waals surface area contributed by atoms with Crippen LogP contribution < -0.4 is 29.1 Å². The molecule has 1 aliphatic heterocycles. The van der Waals surface area contributed by atoms with Crippen LogP contribution in [0.5, 0.6) is 17.2 Å². The molecule has 2 heterocycles. The minimum Gasteiger partial charge on any atom is -0.497 e. The predicted molar refractivity (Wildman–Crippen MR) is 147 cm³/mol. The zero-order valence-electron chi connectivity index (χ0n) is 22.6. The summed E-state index contributed by atoms with van der Waals surface area (Å²) in [6.45, 7) is 7.12. The van der Waals surface area contributed by atoms with Crippen LogP contribution in [0.1, 0.15) is 44.9 Å². The van der Waals surface area contributed by atoms with Crippen LogP contribution >= 0.6 is 11.3 Å². The standard InChI is InChI=1S/C29H30N2O7S/c1-16(2)15-37-28(34)25-17(3)30-29-31(26(25)20-10-11-22(38-18(4)32)23(14-20)36-6)27(33)24(39-29)13-19-8-7-9-21(12-19)35-5/h7-14,16,26H,15H2,1-6H3/b24-13-/t26-/m1/s1. The summed E-state index contributed by atoms with van der Waals surface area (Å²) in [7, 11) is 3.03. The molecule has 0 radical (unpaired) electrons. The number of nitrogens with zero attached hydrogens (tertiary/aromatic N) is 2. The SMILES string of the molecule is COc1cccc(/C=c2\sc3n(c2=O)[C@H](c2ccc(OC(C)=O)c(OC)c2)C(C(=O)OCC(C)C)=C(C)N=3)c1. The van der Waals surface area contributed by atoms with Crippen LogP contribution in [-0.2, 0) is 14.3 Å². The van der Waals surface area contributed by atoms with Gasteiger partial charge in [0.1, 0.15) is 5.75 Å². The van der Waals surface area contributed by atoms with Crippen molar-refractivity contribution in [1.82, 2.24) is 4.57 Å². The minimum absolute atomic E-state index is 0.125. The smallest absolute Gasteiger partial charge is 0.338 e. The first-order chi connectivity index (χ1) is 18.6. The van der Waals surface area contributed by atoms with Crippen molar-refractivity contribution < 1.29 is 28.5 Å². The second kappa shape index (κ2) is 11.7. The number of methoxy groups -OCH3 is 2. The Bertz CT molecular complexity index is 1630. The van der Waals surface area contributed by atoms with Crippen molar-refractivity contribution in [2.24, 2.45) is 10.9 Å². The minimum atomic E-state index is -0.839. The molecule has 1 atom stereocenters. The van der Waals surface area contributed by atoms with Crippen molar-refractivity contribution >= 4 is 29.4 Å². The summed E-state index contributed by atoms with van der Waals surface area (Å²) < 4.78 is 23.6. The first kappa shape index (κ1) is 27.8. The fraction of sp³-hybridized carbons (Fsp3) is 0.310. The van der Waals surface area contributed by atoms with Gasteiger partial charge in [0.2, 0.25) is 0 Å². The zero-order valence-corrected chi connectivity index (χ0v) is 23.5. The van der Waals surface area contributed by atoms with E-state index in [0.29, 0.717) is 26.3 Å². The van der Waals surface area contributed by atoms with Gasteiger partial charge < -0.3 is 18.9 Å². The summed E-state index contributed by atoms with van der Waals surface area (Å²) in [6, 6.07) is 11.4. The molecule has 0 bridgehead atoms. The van der Waals surface area contributed by atoms with E-state index in [1.54, 1.807) is 38.3 Å². The molecule has 1 aliphatic rings. The van der Waals surface area contributed by atoms with Crippen molar-refractivity contribution in [1.29, 1.82) is 0 Å². The average molecular weight is 551 g/mol. The first-order valence-electron chi connectivity index (χ1n) is 12.3. The molecule has 3 aromatic rings. The number of aromatic nitrogens is 1. The number of fused-ring (bicyclic) bond motifs is 1. The number of rotatable bonds is 8. The highest BCUT2D eigenvalue weighted by Gasteiger charge is 2.34. The van der Waals surface area contributed by atoms with Crippen LogP contribution in [-0.4, -0.2) is 37.3 Å². The van der Waals surface area contributed by atoms with Gasteiger partial charge in [-0.05, 0) is 54.3 Å². The molecule has 0 unspecified atom stereocenters. The van der Waals surface area contributed by atoms with Crippen LogP contribution in [0.2, 0.25) is 0 Å². The zero-order chi connectivity index (χ0) is 28.3. The Labute approximate surface area is 229 Å². The second-order valence-corrected chi connectivity index (χ2v) is 10.4. The number of allylic oxidation sites excluding steroid dienone is 1. The van der Waals surface area contributed by atoms with Crippen molar-refractivity contribution in [3.8, 4) is 17.2 Å². The monoisotopic (exact) mass is 550 g/mol. The van der Waals surface area contributed by atoms with Gasteiger partial charge in [-0.3, -0.25) is 14.2 Å². The second-order valence-electron chi connectivity index (χ2n) is 9.35. The van der Waals surface area contributed by atoms with Crippen LogP contribution in [0.15, 0.2) is 63.5 Å². The highest BCUT2D eigenvalue weighted by molar-refractivity contribution is 7.07. The predicted octanol–water partition coefficient (Wildman–Crippen LogP) is 3.38. The summed E-state index contributed by atoms with van der Waals surface area (Å²) >= 11 is 1.23. The molecule has 0 N–H and O–H groups in total. The van der Waals surface area contributed by atoms with Gasteiger partial charge in [0.25, 0.3) is 5.56 Å². The van der Waals surface area contributed by atoms with E-state index >= 15 is 0 Å². The van der Waals surface area contributed by atoms with E-state index in [9.17, 15) is 14.4 Å². The van der Waals surface area contributed by atoms with Crippen LogP contribution in [0.4, 0.5) is 0 Å². The Morgan fingerprint density at radius 2 is 1.87 bits per heavy atom. The Morgan fingerprint density at radius 3 is 2.54 bits per heavy atom. The highest BCUT2D eigenvalue weighted by Crippen LogP contribution is 2.36. The van der Waals surface area contributed by atoms with Crippen LogP contribution in [0.25, 0.3) is 6.08 Å². The lowest BCUT2D eigenvalue weighted by Crippen LogP contribution is -2.40. The van der Waals surface area contributed by atoms with Gasteiger partial charge >= 0.3 is 11.9 Å². The van der Waals surface area contributed by atoms with Crippen LogP contribution in [0, 0.1) is 5.92 Å². The fourth-order valence-corrected chi connectivity index (χ4v) is 5.24. The van der Waals surface area contributed by atoms with Gasteiger partial charge in [0.05, 0.1) is 42.7 Å². The molecule has 1 aromatic heterocycles. The third-order valence-corrected chi connectivity index (χ3v) is 6.92. The maximum Gasteiger partial charge on any atom is 0.338 e. The third kappa shape index (κ3) is 5.96. The van der Waals surface area contributed by atoms with E-state index in [4.69, 9.17) is 18.9 Å². The van der Waals surface area contributed by atoms with Gasteiger partial charge in [-0.15, -0.1) is 0 Å². The van der Waals surface area contributed by atoms with Gasteiger partial charge in [0.15, 0.2) is 16.3 Å². The number of benzene rings is 2. The molecule has 4 rings (SSSR count). The quantitative estimate of drug-likeness (QED) is 0.313. The third-order valence-electron chi connectivity index (χ3n) is 5.94. The molecule has 2 aromatic carbocycles. The number of esters is 2. The number of thiazole rings is 1. The molecule has 0 saturated heterocycles. The summed E-state index contributed by atoms with van der Waals surface area (Å²) in [6.07, 6.45) is 1.77. The average Bonchev–Trinajstić information content (AvgIpc) is 3.20. The van der Waals surface area contributed by atoms with E-state index in [1.165, 1.54) is 29.9 Å². The molecule has 39 heavy (non-hydrogen) atoms. The topological polar surface area (TPSA) is 105 Å². The van der Waals surface area contributed by atoms with E-state index in [1.807, 2.05) is 38.1 Å². The Kier molecular flexibility index (Phi) is 8.35. The van der Waals surface area contributed by atoms with Crippen molar-refractivity contribution in [2.75, 3.05) is 20.8 Å². The van der Waals surface area contributed by atoms with E-state index in [-0.39, 0.29) is 35.2 Å². The highest BCUT2D eigenvalue weighted by atomic mass is 32.1. The Hall–Kier alpha value is -4.18. The van der Waals surface area contributed by atoms with Crippen molar-refractivity contribution in [3.05, 3.63) is 84.5 Å². The lowest BCUT2D eigenvalue weighted by atomic mass is 9.95. The normalized spacial score (nSPS) is 15.1. The van der Waals surface area contributed by atoms with Gasteiger partial charge in [0, 0.05) is 6.92 Å². The van der Waals surface area contributed by atoms with Crippen molar-refractivity contribution in [3.63, 3.8) is 0 Å². The molecule has 0 saturated carbocycles. The molecule has 0 fully saturated rings. The number of ether oxygens (including phenoxy) is 4. The van der Waals surface area contributed by atoms with Gasteiger partial charge in [-0.2, -0.15) is 0 Å². The number of carbonyl (C=O) groups excluding carboxylic acids is 2. The summed E-state index contributed by atoms with van der Waals surface area (Å²) in [5.41, 5.74) is 1.75. The molecule has 9 nitrogen and oxygen atoms in total. The fourth-order valence-electron chi connectivity index (χ4n) is 4.19. The molecular formula is C29H30N2O7S. The maximum absolute atomic E-state index is 13.8. The number of hydrogen-bond acceptors (Lipinski definition) is 9. The Balaban J connectivity index is 1.92. The van der Waals surface area contributed by atoms with Crippen molar-refractivity contribution in [2.45, 2.75) is 33.7 Å². The Morgan fingerprint density at radius 1 is 1.10 bits per heavy atom. The van der Waals surface area contributed by atoms with Gasteiger partial charge in [-0.1, -0.05) is 43.4 Å². The lowest BCUT2D eigenvalue weighted by Gasteiger charge is -2.25. The first-order valence-corrected chi connectivity index (χ1v) is 13.1. The molecule has 0 amide bonds.